The molecule has 3 N–H and O–H groups in total. The van der Waals surface area contributed by atoms with Crippen LogP contribution in [-0.4, -0.2) is 6.04 Å². The van der Waals surface area contributed by atoms with Gasteiger partial charge in [-0.3, -0.25) is 11.3 Å². The lowest BCUT2D eigenvalue weighted by Crippen LogP contribution is -2.47. The molecule has 0 saturated heterocycles. The number of hydrazine groups is 1. The van der Waals surface area contributed by atoms with E-state index in [0.717, 1.165) is 12.8 Å². The molecule has 0 heterocycles. The lowest BCUT2D eigenvalue weighted by atomic mass is 9.75. The van der Waals surface area contributed by atoms with Crippen molar-refractivity contribution in [1.29, 1.82) is 0 Å². The van der Waals surface area contributed by atoms with Gasteiger partial charge in [0.25, 0.3) is 0 Å². The van der Waals surface area contributed by atoms with Crippen molar-refractivity contribution in [2.45, 2.75) is 57.9 Å². The maximum atomic E-state index is 5.67. The molecule has 0 aromatic carbocycles. The fourth-order valence-corrected chi connectivity index (χ4v) is 2.88. The van der Waals surface area contributed by atoms with E-state index in [1.54, 1.807) is 0 Å². The molecule has 1 rings (SSSR count). The fraction of sp³-hybridized carbons (Fsp3) is 0.833. The topological polar surface area (TPSA) is 38.0 Å². The van der Waals surface area contributed by atoms with Gasteiger partial charge >= 0.3 is 0 Å². The average Bonchev–Trinajstić information content (AvgIpc) is 2.69. The number of hydrogen-bond acceptors (Lipinski definition) is 2. The van der Waals surface area contributed by atoms with Crippen LogP contribution in [0.15, 0.2) is 12.7 Å². The maximum absolute atomic E-state index is 5.67. The summed E-state index contributed by atoms with van der Waals surface area (Å²) in [6, 6.07) is 0.480. The third-order valence-electron chi connectivity index (χ3n) is 3.90. The van der Waals surface area contributed by atoms with E-state index in [2.05, 4.69) is 18.9 Å². The van der Waals surface area contributed by atoms with Gasteiger partial charge in [0.15, 0.2) is 0 Å². The minimum Gasteiger partial charge on any atom is -0.271 e. The zero-order chi connectivity index (χ0) is 10.4. The molecule has 0 amide bonds. The molecule has 0 aromatic heterocycles. The zero-order valence-corrected chi connectivity index (χ0v) is 9.39. The molecule has 0 aliphatic heterocycles. The summed E-state index contributed by atoms with van der Waals surface area (Å²) in [6.07, 6.45) is 10.9. The first-order valence-corrected chi connectivity index (χ1v) is 5.86. The van der Waals surface area contributed by atoms with Crippen LogP contribution < -0.4 is 11.3 Å². The zero-order valence-electron chi connectivity index (χ0n) is 9.39. The molecule has 1 unspecified atom stereocenters. The van der Waals surface area contributed by atoms with E-state index >= 15 is 0 Å². The molecule has 1 atom stereocenters. The van der Waals surface area contributed by atoms with E-state index in [9.17, 15) is 0 Å². The monoisotopic (exact) mass is 196 g/mol. The van der Waals surface area contributed by atoms with Crippen molar-refractivity contribution in [3.8, 4) is 0 Å². The normalized spacial score (nSPS) is 22.1. The van der Waals surface area contributed by atoms with Gasteiger partial charge in [-0.05, 0) is 37.5 Å². The van der Waals surface area contributed by atoms with Crippen LogP contribution in [0, 0.1) is 5.41 Å². The molecule has 1 aliphatic carbocycles. The van der Waals surface area contributed by atoms with Crippen molar-refractivity contribution >= 4 is 0 Å². The minimum atomic E-state index is 0.470. The van der Waals surface area contributed by atoms with Crippen LogP contribution in [0.4, 0.5) is 0 Å². The summed E-state index contributed by atoms with van der Waals surface area (Å²) < 4.78 is 0. The molecular weight excluding hydrogens is 172 g/mol. The molecule has 82 valence electrons. The van der Waals surface area contributed by atoms with Gasteiger partial charge in [-0.15, -0.1) is 6.58 Å². The molecule has 1 fully saturated rings. The summed E-state index contributed by atoms with van der Waals surface area (Å²) in [5.41, 5.74) is 3.49. The summed E-state index contributed by atoms with van der Waals surface area (Å²) in [4.78, 5) is 0. The van der Waals surface area contributed by atoms with E-state index < -0.39 is 0 Å². The maximum Gasteiger partial charge on any atom is 0.0269 e. The molecule has 0 radical (unpaired) electrons. The largest absolute Gasteiger partial charge is 0.271 e. The third-order valence-corrected chi connectivity index (χ3v) is 3.90. The molecule has 2 nitrogen and oxygen atoms in total. The van der Waals surface area contributed by atoms with Crippen LogP contribution >= 0.6 is 0 Å². The van der Waals surface area contributed by atoms with Crippen LogP contribution in [-0.2, 0) is 0 Å². The van der Waals surface area contributed by atoms with Gasteiger partial charge in [-0.2, -0.15) is 0 Å². The molecule has 14 heavy (non-hydrogen) atoms. The van der Waals surface area contributed by atoms with Gasteiger partial charge < -0.3 is 0 Å². The summed E-state index contributed by atoms with van der Waals surface area (Å²) in [7, 11) is 0. The Morgan fingerprint density at radius 1 is 1.50 bits per heavy atom. The Hall–Kier alpha value is -0.340. The second kappa shape index (κ2) is 5.52. The number of allylic oxidation sites excluding steroid dienone is 1. The third kappa shape index (κ3) is 2.37. The van der Waals surface area contributed by atoms with Gasteiger partial charge in [0.2, 0.25) is 0 Å². The molecular formula is C12H24N2. The first-order valence-electron chi connectivity index (χ1n) is 5.86. The van der Waals surface area contributed by atoms with Crippen LogP contribution in [0.3, 0.4) is 0 Å². The SMILES string of the molecule is C=CCCC(NN)C1(CC)CCCC1. The first kappa shape index (κ1) is 11.7. The predicted octanol–water partition coefficient (Wildman–Crippen LogP) is 2.75. The smallest absolute Gasteiger partial charge is 0.0269 e. The first-order chi connectivity index (χ1) is 6.79. The van der Waals surface area contributed by atoms with Crippen LogP contribution in [0.5, 0.6) is 0 Å². The lowest BCUT2D eigenvalue weighted by Gasteiger charge is -2.36. The Bertz CT molecular complexity index is 171. The quantitative estimate of drug-likeness (QED) is 0.389. The Kier molecular flexibility index (Phi) is 4.63. The van der Waals surface area contributed by atoms with Crippen LogP contribution in [0.2, 0.25) is 0 Å². The second-order valence-electron chi connectivity index (χ2n) is 4.51. The number of rotatable bonds is 6. The van der Waals surface area contributed by atoms with E-state index in [-0.39, 0.29) is 0 Å². The van der Waals surface area contributed by atoms with Crippen molar-refractivity contribution in [1.82, 2.24) is 5.43 Å². The molecule has 1 aliphatic rings. The highest BCUT2D eigenvalue weighted by Gasteiger charge is 2.38. The van der Waals surface area contributed by atoms with Crippen LogP contribution in [0.25, 0.3) is 0 Å². The van der Waals surface area contributed by atoms with E-state index in [4.69, 9.17) is 5.84 Å². The number of nitrogens with two attached hydrogens (primary N) is 1. The van der Waals surface area contributed by atoms with Crippen molar-refractivity contribution in [3.63, 3.8) is 0 Å². The van der Waals surface area contributed by atoms with Gasteiger partial charge in [0.05, 0.1) is 0 Å². The molecule has 0 spiro atoms. The minimum absolute atomic E-state index is 0.470. The highest BCUT2D eigenvalue weighted by molar-refractivity contribution is 4.93. The number of nitrogens with one attached hydrogen (secondary N) is 1. The van der Waals surface area contributed by atoms with Gasteiger partial charge in [0, 0.05) is 6.04 Å². The molecule has 0 aromatic rings. The van der Waals surface area contributed by atoms with Crippen molar-refractivity contribution < 1.29 is 0 Å². The Balaban J connectivity index is 2.58. The Labute approximate surface area is 87.9 Å². The highest BCUT2D eigenvalue weighted by Crippen LogP contribution is 2.44. The highest BCUT2D eigenvalue weighted by atomic mass is 15.2. The molecule has 2 heteroatoms. The van der Waals surface area contributed by atoms with Gasteiger partial charge in [-0.25, -0.2) is 0 Å². The Morgan fingerprint density at radius 3 is 2.57 bits per heavy atom. The summed E-state index contributed by atoms with van der Waals surface area (Å²) in [5.74, 6) is 5.67. The molecule has 1 saturated carbocycles. The van der Waals surface area contributed by atoms with E-state index in [0.29, 0.717) is 11.5 Å². The number of hydrogen-bond donors (Lipinski definition) is 2. The van der Waals surface area contributed by atoms with E-state index in [1.165, 1.54) is 32.1 Å². The summed E-state index contributed by atoms with van der Waals surface area (Å²) in [5, 5.41) is 0. The van der Waals surface area contributed by atoms with Crippen molar-refractivity contribution in [2.75, 3.05) is 0 Å². The van der Waals surface area contributed by atoms with Crippen molar-refractivity contribution in [2.24, 2.45) is 11.3 Å². The van der Waals surface area contributed by atoms with Gasteiger partial charge in [0.1, 0.15) is 0 Å². The predicted molar refractivity (Wildman–Crippen MR) is 61.7 cm³/mol. The second-order valence-corrected chi connectivity index (χ2v) is 4.51. The van der Waals surface area contributed by atoms with Crippen LogP contribution in [0.1, 0.15) is 51.9 Å². The van der Waals surface area contributed by atoms with Crippen molar-refractivity contribution in [3.05, 3.63) is 12.7 Å². The van der Waals surface area contributed by atoms with E-state index in [1.807, 2.05) is 6.08 Å². The lowest BCUT2D eigenvalue weighted by molar-refractivity contribution is 0.178. The fourth-order valence-electron chi connectivity index (χ4n) is 2.88. The standard InChI is InChI=1S/C12H24N2/c1-3-5-8-11(14-13)12(4-2)9-6-7-10-12/h3,11,14H,1,4-10,13H2,2H3. The molecule has 0 bridgehead atoms. The van der Waals surface area contributed by atoms with Gasteiger partial charge in [-0.1, -0.05) is 25.8 Å². The Morgan fingerprint density at radius 2 is 2.14 bits per heavy atom. The summed E-state index contributed by atoms with van der Waals surface area (Å²) in [6.45, 7) is 6.07. The average molecular weight is 196 g/mol. The summed E-state index contributed by atoms with van der Waals surface area (Å²) >= 11 is 0.